The van der Waals surface area contributed by atoms with Gasteiger partial charge in [0.05, 0.1) is 26.3 Å². The minimum atomic E-state index is 0.644. The Morgan fingerprint density at radius 1 is 0.708 bits per heavy atom. The number of unbranched alkanes of at least 4 members (excludes halogenated alkanes) is 3. The van der Waals surface area contributed by atoms with Crippen LogP contribution in [-0.4, -0.2) is 22.3 Å². The van der Waals surface area contributed by atoms with Crippen molar-refractivity contribution in [3.05, 3.63) is 37.4 Å². The van der Waals surface area contributed by atoms with Crippen molar-refractivity contribution in [2.24, 2.45) is 0 Å². The third-order valence-corrected chi connectivity index (χ3v) is 4.03. The predicted molar refractivity (Wildman–Crippen MR) is 91.0 cm³/mol. The van der Waals surface area contributed by atoms with Crippen molar-refractivity contribution in [2.45, 2.75) is 66.1 Å². The fraction of sp³-hybridized carbons (Fsp3) is 0.667. The van der Waals surface area contributed by atoms with E-state index in [0.717, 1.165) is 39.1 Å². The summed E-state index contributed by atoms with van der Waals surface area (Å²) in [5.74, 6) is 0. The summed E-state index contributed by atoms with van der Waals surface area (Å²) in [5.41, 5.74) is 0. The van der Waals surface area contributed by atoms with Crippen LogP contribution in [-0.2, 0) is 36.0 Å². The summed E-state index contributed by atoms with van der Waals surface area (Å²) in [6.07, 6.45) is 17.0. The van der Waals surface area contributed by atoms with Gasteiger partial charge in [-0.05, 0) is 26.7 Å². The molecule has 2 heterocycles. The Morgan fingerprint density at radius 3 is 1.54 bits per heavy atom. The Bertz CT molecular complexity index is 515. The van der Waals surface area contributed by atoms with E-state index in [2.05, 4.69) is 57.2 Å². The molecule has 0 radical (unpaired) electrons. The molecule has 0 saturated heterocycles. The number of hydrogen-bond donors (Lipinski definition) is 0. The molecule has 0 bridgehead atoms. The maximum absolute atomic E-state index is 5.69. The highest BCUT2D eigenvalue weighted by Gasteiger charge is 2.02. The van der Waals surface area contributed by atoms with Gasteiger partial charge in [-0.15, -0.1) is 0 Å². The second-order valence-corrected chi connectivity index (χ2v) is 6.01. The summed E-state index contributed by atoms with van der Waals surface area (Å²) in [5, 5.41) is 0. The molecule has 0 saturated carbocycles. The minimum absolute atomic E-state index is 0.644. The van der Waals surface area contributed by atoms with Crippen molar-refractivity contribution in [3.8, 4) is 0 Å². The van der Waals surface area contributed by atoms with E-state index in [1.54, 1.807) is 0 Å². The van der Waals surface area contributed by atoms with E-state index in [4.69, 9.17) is 9.47 Å². The van der Waals surface area contributed by atoms with Crippen LogP contribution in [0.15, 0.2) is 37.4 Å². The molecule has 0 N–H and O–H groups in total. The molecule has 2 aromatic rings. The summed E-state index contributed by atoms with van der Waals surface area (Å²) in [7, 11) is 0. The van der Waals surface area contributed by atoms with Crippen molar-refractivity contribution in [2.75, 3.05) is 13.2 Å². The average molecular weight is 336 g/mol. The van der Waals surface area contributed by atoms with E-state index in [0.29, 0.717) is 13.5 Å². The Morgan fingerprint density at radius 2 is 1.17 bits per heavy atom. The first kappa shape index (κ1) is 18.7. The van der Waals surface area contributed by atoms with Gasteiger partial charge >= 0.3 is 0 Å². The zero-order valence-corrected chi connectivity index (χ0v) is 15.1. The smallest absolute Gasteiger partial charge is 0.245 e. The molecule has 0 atom stereocenters. The van der Waals surface area contributed by atoms with Gasteiger partial charge in [0, 0.05) is 0 Å². The van der Waals surface area contributed by atoms with Crippen molar-refractivity contribution < 1.29 is 18.6 Å². The first-order chi connectivity index (χ1) is 11.8. The van der Waals surface area contributed by atoms with E-state index in [-0.39, 0.29) is 0 Å². The Kier molecular flexibility index (Phi) is 8.55. The highest BCUT2D eigenvalue weighted by atomic mass is 16.5. The monoisotopic (exact) mass is 336 g/mol. The fourth-order valence-electron chi connectivity index (χ4n) is 2.51. The maximum atomic E-state index is 5.69. The molecule has 0 unspecified atom stereocenters. The van der Waals surface area contributed by atoms with Crippen LogP contribution in [0.3, 0.4) is 0 Å². The van der Waals surface area contributed by atoms with Crippen LogP contribution < -0.4 is 9.13 Å². The number of hydrogen-bond acceptors (Lipinski definition) is 2. The first-order valence-corrected chi connectivity index (χ1v) is 9.07. The molecule has 24 heavy (non-hydrogen) atoms. The van der Waals surface area contributed by atoms with Crippen LogP contribution in [0.25, 0.3) is 0 Å². The lowest BCUT2D eigenvalue weighted by Gasteiger charge is -2.03. The third kappa shape index (κ3) is 6.84. The van der Waals surface area contributed by atoms with Gasteiger partial charge in [0.25, 0.3) is 0 Å². The molecule has 134 valence electrons. The van der Waals surface area contributed by atoms with Gasteiger partial charge in [-0.2, -0.15) is 0 Å². The summed E-state index contributed by atoms with van der Waals surface area (Å²) in [4.78, 5) is 0. The molecule has 0 fully saturated rings. The van der Waals surface area contributed by atoms with Crippen molar-refractivity contribution in [1.29, 1.82) is 0 Å². The SMILES string of the molecule is CCn1cc[n+](COCCCCCCOC[n+]2ccn(CC)c2)c1. The summed E-state index contributed by atoms with van der Waals surface area (Å²) < 4.78 is 19.8. The number of nitrogens with zero attached hydrogens (tertiary/aromatic N) is 4. The molecule has 0 aromatic carbocycles. The Balaban J connectivity index is 1.39. The topological polar surface area (TPSA) is 36.1 Å². The summed E-state index contributed by atoms with van der Waals surface area (Å²) in [6, 6.07) is 0. The molecule has 0 spiro atoms. The van der Waals surface area contributed by atoms with Gasteiger partial charge in [-0.1, -0.05) is 12.8 Å². The van der Waals surface area contributed by atoms with Crippen molar-refractivity contribution >= 4 is 0 Å². The summed E-state index contributed by atoms with van der Waals surface area (Å²) >= 11 is 0. The lowest BCUT2D eigenvalue weighted by atomic mass is 10.2. The molecule has 0 aliphatic rings. The highest BCUT2D eigenvalue weighted by molar-refractivity contribution is 4.64. The number of aromatic nitrogens is 4. The molecule has 0 amide bonds. The summed E-state index contributed by atoms with van der Waals surface area (Å²) in [6.45, 7) is 9.20. The zero-order chi connectivity index (χ0) is 17.0. The molecule has 0 aliphatic heterocycles. The van der Waals surface area contributed by atoms with Crippen molar-refractivity contribution in [1.82, 2.24) is 9.13 Å². The number of rotatable bonds is 13. The quantitative estimate of drug-likeness (QED) is 0.415. The van der Waals surface area contributed by atoms with Crippen LogP contribution in [0.1, 0.15) is 39.5 Å². The van der Waals surface area contributed by atoms with Gasteiger partial charge in [-0.3, -0.25) is 0 Å². The number of imidazole rings is 2. The zero-order valence-electron chi connectivity index (χ0n) is 15.1. The lowest BCUT2D eigenvalue weighted by Crippen LogP contribution is -2.32. The number of ether oxygens (including phenoxy) is 2. The largest absolute Gasteiger partial charge is 0.342 e. The molecule has 6 heteroatoms. The van der Waals surface area contributed by atoms with Crippen LogP contribution >= 0.6 is 0 Å². The van der Waals surface area contributed by atoms with Crippen LogP contribution in [0, 0.1) is 0 Å². The third-order valence-electron chi connectivity index (χ3n) is 4.03. The lowest BCUT2D eigenvalue weighted by molar-refractivity contribution is -0.732. The molecule has 6 nitrogen and oxygen atoms in total. The molecule has 2 aromatic heterocycles. The average Bonchev–Trinajstić information content (AvgIpc) is 3.25. The number of aryl methyl sites for hydroxylation is 2. The molecule has 2 rings (SSSR count). The van der Waals surface area contributed by atoms with Crippen LogP contribution in [0.2, 0.25) is 0 Å². The normalized spacial score (nSPS) is 11.2. The fourth-order valence-corrected chi connectivity index (χ4v) is 2.51. The van der Waals surface area contributed by atoms with Crippen LogP contribution in [0.5, 0.6) is 0 Å². The van der Waals surface area contributed by atoms with Crippen molar-refractivity contribution in [3.63, 3.8) is 0 Å². The maximum Gasteiger partial charge on any atom is 0.245 e. The Hall–Kier alpha value is -1.66. The van der Waals surface area contributed by atoms with Crippen LogP contribution in [0.4, 0.5) is 0 Å². The van der Waals surface area contributed by atoms with Gasteiger partial charge in [-0.25, -0.2) is 18.3 Å². The standard InChI is InChI=1S/C18H32N4O2/c1-3-19-9-11-21(15-19)17-23-13-7-5-6-8-14-24-18-22-12-10-20(4-2)16-22/h9-12,15-16H,3-8,13-14,17-18H2,1-2H3/q+2. The van der Waals surface area contributed by atoms with E-state index < -0.39 is 0 Å². The molecule has 0 aliphatic carbocycles. The molecular weight excluding hydrogens is 304 g/mol. The minimum Gasteiger partial charge on any atom is -0.342 e. The molecular formula is C18H32N4O2+2. The van der Waals surface area contributed by atoms with Gasteiger partial charge < -0.3 is 9.47 Å². The Labute approximate surface area is 145 Å². The van der Waals surface area contributed by atoms with E-state index in [1.807, 2.05) is 12.4 Å². The van der Waals surface area contributed by atoms with E-state index >= 15 is 0 Å². The predicted octanol–water partition coefficient (Wildman–Crippen LogP) is 2.11. The van der Waals surface area contributed by atoms with Gasteiger partial charge in [0.2, 0.25) is 12.7 Å². The second kappa shape index (κ2) is 11.0. The first-order valence-electron chi connectivity index (χ1n) is 9.07. The van der Waals surface area contributed by atoms with E-state index in [1.165, 1.54) is 12.8 Å². The van der Waals surface area contributed by atoms with Gasteiger partial charge in [0.15, 0.2) is 13.5 Å². The van der Waals surface area contributed by atoms with Gasteiger partial charge in [0.1, 0.15) is 24.8 Å². The highest BCUT2D eigenvalue weighted by Crippen LogP contribution is 2.00. The second-order valence-electron chi connectivity index (χ2n) is 6.01. The van der Waals surface area contributed by atoms with E-state index in [9.17, 15) is 0 Å².